The lowest BCUT2D eigenvalue weighted by Gasteiger charge is -2.35. The molecule has 0 aliphatic rings. The molecule has 2 unspecified atom stereocenters. The van der Waals surface area contributed by atoms with Crippen LogP contribution >= 0.6 is 36.6 Å². The zero-order chi connectivity index (χ0) is 24.4. The molecule has 0 saturated carbocycles. The lowest BCUT2D eigenvalue weighted by Crippen LogP contribution is -2.44. The molecule has 0 saturated heterocycles. The van der Waals surface area contributed by atoms with Gasteiger partial charge in [-0.15, -0.1) is 36.6 Å². The molecule has 33 heavy (non-hydrogen) atoms. The SMILES string of the molecule is CC(C)CCCCCC(C(=O)S)C(CCCCCC(C)C)(C(=O)S)c1nc2ccccc2s1. The number of benzene rings is 1. The van der Waals surface area contributed by atoms with Gasteiger partial charge < -0.3 is 0 Å². The molecule has 0 fully saturated rings. The average molecular weight is 508 g/mol. The molecule has 0 amide bonds. The van der Waals surface area contributed by atoms with Gasteiger partial charge in [0.1, 0.15) is 10.4 Å². The molecule has 1 aromatic carbocycles. The van der Waals surface area contributed by atoms with Crippen LogP contribution in [0.25, 0.3) is 10.2 Å². The van der Waals surface area contributed by atoms with Gasteiger partial charge in [0, 0.05) is 5.92 Å². The molecule has 1 aromatic heterocycles. The van der Waals surface area contributed by atoms with Gasteiger partial charge >= 0.3 is 0 Å². The maximum atomic E-state index is 13.3. The van der Waals surface area contributed by atoms with Crippen LogP contribution in [0.5, 0.6) is 0 Å². The second-order valence-corrected chi connectivity index (χ2v) is 12.1. The summed E-state index contributed by atoms with van der Waals surface area (Å²) < 4.78 is 1.04. The molecule has 3 nitrogen and oxygen atoms in total. The summed E-state index contributed by atoms with van der Waals surface area (Å²) in [5.74, 6) is 0.845. The van der Waals surface area contributed by atoms with Gasteiger partial charge in [-0.25, -0.2) is 4.98 Å². The first-order valence-corrected chi connectivity index (χ1v) is 14.2. The molecule has 1 heterocycles. The van der Waals surface area contributed by atoms with E-state index in [9.17, 15) is 9.59 Å². The van der Waals surface area contributed by atoms with Crippen molar-refractivity contribution in [3.8, 4) is 0 Å². The summed E-state index contributed by atoms with van der Waals surface area (Å²) in [5.41, 5.74) is -0.139. The zero-order valence-electron chi connectivity index (χ0n) is 20.7. The topological polar surface area (TPSA) is 47.0 Å². The van der Waals surface area contributed by atoms with Gasteiger partial charge in [0.25, 0.3) is 0 Å². The van der Waals surface area contributed by atoms with E-state index in [0.717, 1.165) is 53.7 Å². The Morgan fingerprint density at radius 2 is 1.45 bits per heavy atom. The Morgan fingerprint density at radius 1 is 0.879 bits per heavy atom. The number of aromatic nitrogens is 1. The number of para-hydroxylation sites is 1. The maximum absolute atomic E-state index is 13.3. The van der Waals surface area contributed by atoms with Gasteiger partial charge in [-0.1, -0.05) is 91.2 Å². The van der Waals surface area contributed by atoms with E-state index >= 15 is 0 Å². The first-order valence-electron chi connectivity index (χ1n) is 12.5. The fourth-order valence-corrected chi connectivity index (χ4v) is 6.67. The molecule has 2 aromatic rings. The van der Waals surface area contributed by atoms with Gasteiger partial charge in [0.05, 0.1) is 10.2 Å². The smallest absolute Gasteiger partial charge is 0.199 e. The van der Waals surface area contributed by atoms with Crippen LogP contribution < -0.4 is 0 Å². The number of hydrogen-bond donors (Lipinski definition) is 2. The molecule has 0 bridgehead atoms. The Hall–Kier alpha value is -0.850. The minimum atomic E-state index is -1.01. The molecule has 0 aliphatic carbocycles. The summed E-state index contributed by atoms with van der Waals surface area (Å²) in [6.07, 6.45) is 9.74. The van der Waals surface area contributed by atoms with Crippen molar-refractivity contribution in [2.75, 3.05) is 0 Å². The molecule has 0 spiro atoms. The fraction of sp³-hybridized carbons (Fsp3) is 0.667. The van der Waals surface area contributed by atoms with Crippen molar-refractivity contribution in [1.29, 1.82) is 0 Å². The molecule has 2 atom stereocenters. The summed E-state index contributed by atoms with van der Waals surface area (Å²) in [4.78, 5) is 31.0. The van der Waals surface area contributed by atoms with E-state index in [1.54, 1.807) is 0 Å². The second-order valence-electron chi connectivity index (χ2n) is 10.2. The Kier molecular flexibility index (Phi) is 11.9. The van der Waals surface area contributed by atoms with Crippen LogP contribution in [0.3, 0.4) is 0 Å². The quantitative estimate of drug-likeness (QED) is 0.177. The van der Waals surface area contributed by atoms with Crippen LogP contribution in [0, 0.1) is 17.8 Å². The van der Waals surface area contributed by atoms with Gasteiger partial charge in [-0.05, 0) is 36.8 Å². The Balaban J connectivity index is 2.34. The van der Waals surface area contributed by atoms with Crippen molar-refractivity contribution < 1.29 is 9.59 Å². The standard InChI is InChI=1S/C27H41NO2S3/c1-19(2)13-7-5-9-15-21(24(29)31)27(26(30)32,18-12-6-8-14-20(3)4)25-28-22-16-10-11-17-23(22)33-25/h10-11,16-17,19-21H,5-9,12-15,18H2,1-4H3,(H,29,31)(H,30,32). The molecular formula is C27H41NO2S3. The van der Waals surface area contributed by atoms with Crippen LogP contribution in [-0.2, 0) is 15.0 Å². The van der Waals surface area contributed by atoms with E-state index in [4.69, 9.17) is 4.98 Å². The largest absolute Gasteiger partial charge is 0.287 e. The van der Waals surface area contributed by atoms with Crippen LogP contribution in [0.2, 0.25) is 0 Å². The molecule has 0 aliphatic heterocycles. The Labute approximate surface area is 215 Å². The van der Waals surface area contributed by atoms with Crippen molar-refractivity contribution in [2.45, 2.75) is 97.3 Å². The number of thiol groups is 2. The number of unbranched alkanes of at least 4 members (excludes halogenated alkanes) is 4. The molecule has 2 rings (SSSR count). The fourth-order valence-electron chi connectivity index (χ4n) is 4.63. The number of carbonyl (C=O) groups excluding carboxylic acids is 2. The van der Waals surface area contributed by atoms with E-state index < -0.39 is 11.3 Å². The van der Waals surface area contributed by atoms with E-state index in [0.29, 0.717) is 24.7 Å². The van der Waals surface area contributed by atoms with E-state index in [1.165, 1.54) is 24.2 Å². The lowest BCUT2D eigenvalue weighted by molar-refractivity contribution is -0.125. The minimum absolute atomic E-state index is 0.220. The van der Waals surface area contributed by atoms with Gasteiger partial charge in [0.2, 0.25) is 0 Å². The number of hydrogen-bond acceptors (Lipinski definition) is 4. The third kappa shape index (κ3) is 8.10. The monoisotopic (exact) mass is 507 g/mol. The van der Waals surface area contributed by atoms with E-state index in [2.05, 4.69) is 53.0 Å². The van der Waals surface area contributed by atoms with Crippen molar-refractivity contribution >= 4 is 57.0 Å². The summed E-state index contributed by atoms with van der Waals surface area (Å²) in [5, 5.41) is 0.254. The van der Waals surface area contributed by atoms with E-state index in [1.807, 2.05) is 24.3 Å². The van der Waals surface area contributed by atoms with Crippen molar-refractivity contribution in [2.24, 2.45) is 17.8 Å². The lowest BCUT2D eigenvalue weighted by atomic mass is 9.71. The highest BCUT2D eigenvalue weighted by Gasteiger charge is 2.49. The minimum Gasteiger partial charge on any atom is -0.287 e. The molecule has 0 N–H and O–H groups in total. The summed E-state index contributed by atoms with van der Waals surface area (Å²) in [7, 11) is 0. The van der Waals surface area contributed by atoms with Crippen molar-refractivity contribution in [1.82, 2.24) is 4.98 Å². The Bertz CT molecular complexity index is 859. The summed E-state index contributed by atoms with van der Waals surface area (Å²) in [6, 6.07) is 7.93. The number of carbonyl (C=O) groups is 2. The Morgan fingerprint density at radius 3 is 2.00 bits per heavy atom. The van der Waals surface area contributed by atoms with Crippen LogP contribution in [-0.4, -0.2) is 15.2 Å². The predicted molar refractivity (Wildman–Crippen MR) is 149 cm³/mol. The molecule has 6 heteroatoms. The number of rotatable bonds is 16. The second kappa shape index (κ2) is 13.9. The molecule has 184 valence electrons. The third-order valence-corrected chi connectivity index (χ3v) is 8.50. The van der Waals surface area contributed by atoms with Gasteiger partial charge in [-0.3, -0.25) is 9.59 Å². The third-order valence-electron chi connectivity index (χ3n) is 6.58. The normalized spacial score (nSPS) is 14.7. The zero-order valence-corrected chi connectivity index (χ0v) is 23.3. The highest BCUT2D eigenvalue weighted by Crippen LogP contribution is 2.46. The summed E-state index contributed by atoms with van der Waals surface area (Å²) in [6.45, 7) is 8.93. The highest BCUT2D eigenvalue weighted by molar-refractivity contribution is 7.97. The number of thiazole rings is 1. The first-order chi connectivity index (χ1) is 15.7. The number of nitrogens with zero attached hydrogens (tertiary/aromatic N) is 1. The van der Waals surface area contributed by atoms with Crippen LogP contribution in [0.1, 0.15) is 96.9 Å². The van der Waals surface area contributed by atoms with Crippen molar-refractivity contribution in [3.63, 3.8) is 0 Å². The first kappa shape index (κ1) is 28.4. The molecular weight excluding hydrogens is 467 g/mol. The predicted octanol–water partition coefficient (Wildman–Crippen LogP) is 8.28. The molecule has 0 radical (unpaired) electrons. The van der Waals surface area contributed by atoms with Crippen LogP contribution in [0.15, 0.2) is 24.3 Å². The van der Waals surface area contributed by atoms with Gasteiger partial charge in [-0.2, -0.15) is 0 Å². The van der Waals surface area contributed by atoms with Crippen LogP contribution in [0.4, 0.5) is 0 Å². The van der Waals surface area contributed by atoms with E-state index in [-0.39, 0.29) is 10.2 Å². The van der Waals surface area contributed by atoms with Gasteiger partial charge in [0.15, 0.2) is 10.2 Å². The van der Waals surface area contributed by atoms with Crippen molar-refractivity contribution in [3.05, 3.63) is 29.3 Å². The summed E-state index contributed by atoms with van der Waals surface area (Å²) >= 11 is 10.2. The highest BCUT2D eigenvalue weighted by atomic mass is 32.1. The number of fused-ring (bicyclic) bond motifs is 1. The maximum Gasteiger partial charge on any atom is 0.199 e. The average Bonchev–Trinajstić information content (AvgIpc) is 3.17.